The number of hydrogen-bond acceptors (Lipinski definition) is 5. The van der Waals surface area contributed by atoms with Crippen molar-refractivity contribution in [2.24, 2.45) is 0 Å². The Bertz CT molecular complexity index is 648. The van der Waals surface area contributed by atoms with E-state index < -0.39 is 0 Å². The lowest BCUT2D eigenvalue weighted by Gasteiger charge is -2.22. The molecule has 0 spiro atoms. The summed E-state index contributed by atoms with van der Waals surface area (Å²) in [5.74, 6) is 1.39. The van der Waals surface area contributed by atoms with Gasteiger partial charge in [-0.1, -0.05) is 12.1 Å². The molecule has 0 aromatic carbocycles. The zero-order valence-electron chi connectivity index (χ0n) is 13.0. The van der Waals surface area contributed by atoms with E-state index in [-0.39, 0.29) is 11.9 Å². The highest BCUT2D eigenvalue weighted by Gasteiger charge is 2.32. The third kappa shape index (κ3) is 3.03. The Morgan fingerprint density at radius 1 is 1.50 bits per heavy atom. The Hall–Kier alpha value is -2.18. The van der Waals surface area contributed by atoms with E-state index in [0.717, 1.165) is 24.9 Å². The molecule has 1 atom stereocenters. The summed E-state index contributed by atoms with van der Waals surface area (Å²) in [6, 6.07) is -0.0455. The highest BCUT2D eigenvalue weighted by Crippen LogP contribution is 2.30. The van der Waals surface area contributed by atoms with Crippen LogP contribution in [-0.4, -0.2) is 37.3 Å². The summed E-state index contributed by atoms with van der Waals surface area (Å²) in [7, 11) is 0. The molecule has 22 heavy (non-hydrogen) atoms. The van der Waals surface area contributed by atoms with Gasteiger partial charge in [0.25, 0.3) is 0 Å². The van der Waals surface area contributed by atoms with Crippen molar-refractivity contribution >= 4 is 5.91 Å². The summed E-state index contributed by atoms with van der Waals surface area (Å²) in [5, 5.41) is 8.24. The van der Waals surface area contributed by atoms with Crippen LogP contribution in [0.15, 0.2) is 16.9 Å². The van der Waals surface area contributed by atoms with Crippen molar-refractivity contribution in [3.63, 3.8) is 0 Å². The quantitative estimate of drug-likeness (QED) is 0.843. The molecule has 7 heteroatoms. The van der Waals surface area contributed by atoms with Gasteiger partial charge in [0, 0.05) is 32.1 Å². The third-order valence-corrected chi connectivity index (χ3v) is 3.97. The molecular weight excluding hydrogens is 282 g/mol. The smallest absolute Gasteiger partial charge is 0.226 e. The van der Waals surface area contributed by atoms with Gasteiger partial charge in [-0.05, 0) is 25.3 Å². The molecule has 3 rings (SSSR count). The highest BCUT2D eigenvalue weighted by atomic mass is 16.5. The maximum Gasteiger partial charge on any atom is 0.226 e. The number of amides is 1. The van der Waals surface area contributed by atoms with Crippen molar-refractivity contribution in [2.45, 2.75) is 52.1 Å². The Balaban J connectivity index is 1.63. The van der Waals surface area contributed by atoms with Crippen LogP contribution < -0.4 is 0 Å². The van der Waals surface area contributed by atoms with Crippen LogP contribution in [-0.2, 0) is 17.8 Å². The van der Waals surface area contributed by atoms with E-state index in [4.69, 9.17) is 4.52 Å². The van der Waals surface area contributed by atoms with Gasteiger partial charge in [-0.25, -0.2) is 0 Å². The largest absolute Gasteiger partial charge is 0.339 e. The third-order valence-electron chi connectivity index (χ3n) is 3.97. The number of nitrogens with zero attached hydrogens (tertiary/aromatic N) is 5. The summed E-state index contributed by atoms with van der Waals surface area (Å²) >= 11 is 0. The lowest BCUT2D eigenvalue weighted by molar-refractivity contribution is -0.132. The van der Waals surface area contributed by atoms with Crippen LogP contribution in [0.2, 0.25) is 0 Å². The van der Waals surface area contributed by atoms with Gasteiger partial charge >= 0.3 is 0 Å². The summed E-state index contributed by atoms with van der Waals surface area (Å²) < 4.78 is 6.98. The molecule has 1 aliphatic heterocycles. The van der Waals surface area contributed by atoms with Crippen molar-refractivity contribution in [3.8, 4) is 0 Å². The molecule has 3 heterocycles. The zero-order chi connectivity index (χ0) is 15.5. The summed E-state index contributed by atoms with van der Waals surface area (Å²) in [5.41, 5.74) is 1.10. The van der Waals surface area contributed by atoms with E-state index >= 15 is 0 Å². The summed E-state index contributed by atoms with van der Waals surface area (Å²) in [4.78, 5) is 18.7. The monoisotopic (exact) mass is 303 g/mol. The SMILES string of the molecule is CCc1nc([C@@H]2CCCN2C(=O)CCn2cc(C)cn2)no1. The topological polar surface area (TPSA) is 77.1 Å². The Kier molecular flexibility index (Phi) is 4.22. The molecule has 2 aromatic rings. The fraction of sp³-hybridized carbons (Fsp3) is 0.600. The Morgan fingerprint density at radius 3 is 3.05 bits per heavy atom. The van der Waals surface area contributed by atoms with Crippen LogP contribution in [0, 0.1) is 6.92 Å². The van der Waals surface area contributed by atoms with Gasteiger partial charge in [0.1, 0.15) is 0 Å². The molecule has 0 N–H and O–H groups in total. The molecule has 1 aliphatic rings. The standard InChI is InChI=1S/C15H21N5O2/c1-3-13-17-15(18-22-13)12-5-4-7-20(12)14(21)6-8-19-10-11(2)9-16-19/h9-10,12H,3-8H2,1-2H3/t12-/m0/s1. The maximum atomic E-state index is 12.5. The number of carbonyl (C=O) groups excluding carboxylic acids is 1. The van der Waals surface area contributed by atoms with Crippen molar-refractivity contribution < 1.29 is 9.32 Å². The van der Waals surface area contributed by atoms with Gasteiger partial charge in [0.15, 0.2) is 5.82 Å². The van der Waals surface area contributed by atoms with Crippen LogP contribution in [0.1, 0.15) is 49.5 Å². The van der Waals surface area contributed by atoms with Crippen LogP contribution in [0.3, 0.4) is 0 Å². The van der Waals surface area contributed by atoms with E-state index in [2.05, 4.69) is 15.2 Å². The highest BCUT2D eigenvalue weighted by molar-refractivity contribution is 5.76. The average Bonchev–Trinajstić information content (AvgIpc) is 3.24. The second-order valence-corrected chi connectivity index (χ2v) is 5.68. The van der Waals surface area contributed by atoms with Gasteiger partial charge in [-0.3, -0.25) is 9.48 Å². The summed E-state index contributed by atoms with van der Waals surface area (Å²) in [6.07, 6.45) is 6.78. The van der Waals surface area contributed by atoms with Crippen LogP contribution in [0.4, 0.5) is 0 Å². The second kappa shape index (κ2) is 6.29. The molecule has 2 aromatic heterocycles. The van der Waals surface area contributed by atoms with Gasteiger partial charge in [-0.15, -0.1) is 0 Å². The van der Waals surface area contributed by atoms with E-state index in [9.17, 15) is 4.79 Å². The van der Waals surface area contributed by atoms with Crippen LogP contribution >= 0.6 is 0 Å². The van der Waals surface area contributed by atoms with Crippen LogP contribution in [0.5, 0.6) is 0 Å². The first kappa shape index (κ1) is 14.7. The van der Waals surface area contributed by atoms with E-state index in [1.54, 1.807) is 6.20 Å². The van der Waals surface area contributed by atoms with Crippen molar-refractivity contribution in [1.29, 1.82) is 0 Å². The minimum atomic E-state index is -0.0455. The van der Waals surface area contributed by atoms with E-state index in [0.29, 0.717) is 31.1 Å². The van der Waals surface area contributed by atoms with Gasteiger partial charge < -0.3 is 9.42 Å². The number of hydrogen-bond donors (Lipinski definition) is 0. The minimum absolute atomic E-state index is 0.0455. The number of carbonyl (C=O) groups is 1. The number of aryl methyl sites for hydroxylation is 3. The molecule has 0 unspecified atom stereocenters. The van der Waals surface area contributed by atoms with E-state index in [1.165, 1.54) is 0 Å². The molecule has 0 saturated carbocycles. The first-order chi connectivity index (χ1) is 10.7. The normalized spacial score (nSPS) is 18.1. The molecular formula is C15H21N5O2. The lowest BCUT2D eigenvalue weighted by Crippen LogP contribution is -2.31. The second-order valence-electron chi connectivity index (χ2n) is 5.68. The molecule has 0 aliphatic carbocycles. The molecule has 0 radical (unpaired) electrons. The molecule has 1 amide bonds. The fourth-order valence-electron chi connectivity index (χ4n) is 2.82. The molecule has 118 valence electrons. The summed E-state index contributed by atoms with van der Waals surface area (Å²) in [6.45, 7) is 5.32. The number of likely N-dealkylation sites (tertiary alicyclic amines) is 1. The van der Waals surface area contributed by atoms with Crippen LogP contribution in [0.25, 0.3) is 0 Å². The van der Waals surface area contributed by atoms with Gasteiger partial charge in [-0.2, -0.15) is 10.1 Å². The average molecular weight is 303 g/mol. The molecule has 1 fully saturated rings. The van der Waals surface area contributed by atoms with Gasteiger partial charge in [0.05, 0.1) is 12.2 Å². The zero-order valence-corrected chi connectivity index (χ0v) is 13.0. The van der Waals surface area contributed by atoms with Crippen molar-refractivity contribution in [1.82, 2.24) is 24.8 Å². The predicted octanol–water partition coefficient (Wildman–Crippen LogP) is 1.89. The van der Waals surface area contributed by atoms with Crippen molar-refractivity contribution in [2.75, 3.05) is 6.54 Å². The van der Waals surface area contributed by atoms with E-state index in [1.807, 2.05) is 29.6 Å². The van der Waals surface area contributed by atoms with Gasteiger partial charge in [0.2, 0.25) is 11.8 Å². The number of aromatic nitrogens is 4. The number of rotatable bonds is 5. The fourth-order valence-corrected chi connectivity index (χ4v) is 2.82. The molecule has 1 saturated heterocycles. The Morgan fingerprint density at radius 2 is 2.36 bits per heavy atom. The van der Waals surface area contributed by atoms with Crippen molar-refractivity contribution in [3.05, 3.63) is 29.7 Å². The molecule has 7 nitrogen and oxygen atoms in total. The first-order valence-electron chi connectivity index (χ1n) is 7.78. The Labute approximate surface area is 129 Å². The predicted molar refractivity (Wildman–Crippen MR) is 78.9 cm³/mol. The first-order valence-corrected chi connectivity index (χ1v) is 7.78. The lowest BCUT2D eigenvalue weighted by atomic mass is 10.2. The maximum absolute atomic E-state index is 12.5. The molecule has 0 bridgehead atoms. The minimum Gasteiger partial charge on any atom is -0.339 e.